The number of carbonyl (C=O) groups is 2. The van der Waals surface area contributed by atoms with Gasteiger partial charge >= 0.3 is 5.97 Å². The first-order valence-corrected chi connectivity index (χ1v) is 8.60. The highest BCUT2D eigenvalue weighted by atomic mass is 16.6. The van der Waals surface area contributed by atoms with Crippen LogP contribution in [0.5, 0.6) is 0 Å². The van der Waals surface area contributed by atoms with Crippen molar-refractivity contribution in [2.75, 3.05) is 0 Å². The number of ether oxygens (including phenoxy) is 1. The number of Topliss-reactive ketones (excluding diaryl/α,β-unsaturated/α-hetero) is 1. The average Bonchev–Trinajstić information content (AvgIpc) is 2.53. The van der Waals surface area contributed by atoms with Crippen LogP contribution in [0.25, 0.3) is 0 Å². The molecule has 126 valence electrons. The first kappa shape index (κ1) is 17.7. The van der Waals surface area contributed by atoms with Crippen LogP contribution < -0.4 is 0 Å². The zero-order valence-corrected chi connectivity index (χ0v) is 14.7. The minimum absolute atomic E-state index is 0.00972. The van der Waals surface area contributed by atoms with Crippen LogP contribution in [-0.4, -0.2) is 17.4 Å². The zero-order chi connectivity index (χ0) is 17.0. The summed E-state index contributed by atoms with van der Waals surface area (Å²) in [6, 6.07) is 9.49. The van der Waals surface area contributed by atoms with Crippen LogP contribution in [0.4, 0.5) is 0 Å². The summed E-state index contributed by atoms with van der Waals surface area (Å²) in [6.45, 7) is 7.72. The molecule has 1 aliphatic rings. The van der Waals surface area contributed by atoms with Crippen LogP contribution in [-0.2, 0) is 9.53 Å². The van der Waals surface area contributed by atoms with Gasteiger partial charge in [0, 0.05) is 11.5 Å². The molecule has 1 aliphatic carbocycles. The van der Waals surface area contributed by atoms with Crippen molar-refractivity contribution in [3.05, 3.63) is 35.9 Å². The Bertz CT molecular complexity index is 534. The number of hydrogen-bond acceptors (Lipinski definition) is 3. The fraction of sp³-hybridized carbons (Fsp3) is 0.600. The van der Waals surface area contributed by atoms with E-state index >= 15 is 0 Å². The molecular weight excluding hydrogens is 288 g/mol. The number of ketones is 1. The van der Waals surface area contributed by atoms with Gasteiger partial charge in [-0.25, -0.2) is 0 Å². The molecule has 0 N–H and O–H groups in total. The summed E-state index contributed by atoms with van der Waals surface area (Å²) in [5.74, 6) is 0.493. The van der Waals surface area contributed by atoms with Crippen molar-refractivity contribution in [2.24, 2.45) is 17.8 Å². The van der Waals surface area contributed by atoms with E-state index in [1.54, 1.807) is 0 Å². The SMILES string of the molecule is CC(C(=O)c1ccccc1)C1CCC(C(=O)OC(C)(C)C)CC1. The van der Waals surface area contributed by atoms with Crippen LogP contribution >= 0.6 is 0 Å². The summed E-state index contributed by atoms with van der Waals surface area (Å²) in [6.07, 6.45) is 3.49. The van der Waals surface area contributed by atoms with E-state index in [0.717, 1.165) is 31.2 Å². The molecule has 3 nitrogen and oxygen atoms in total. The van der Waals surface area contributed by atoms with Crippen LogP contribution in [0.1, 0.15) is 63.7 Å². The van der Waals surface area contributed by atoms with Gasteiger partial charge in [-0.1, -0.05) is 37.3 Å². The molecule has 0 aliphatic heterocycles. The number of hydrogen-bond donors (Lipinski definition) is 0. The molecule has 1 aromatic carbocycles. The lowest BCUT2D eigenvalue weighted by molar-refractivity contribution is -0.161. The maximum Gasteiger partial charge on any atom is 0.309 e. The zero-order valence-electron chi connectivity index (χ0n) is 14.7. The third-order valence-corrected chi connectivity index (χ3v) is 4.69. The molecule has 1 atom stereocenters. The van der Waals surface area contributed by atoms with Gasteiger partial charge in [-0.3, -0.25) is 9.59 Å². The maximum atomic E-state index is 12.6. The lowest BCUT2D eigenvalue weighted by atomic mass is 9.74. The standard InChI is InChI=1S/C20H28O3/c1-14(18(21)16-8-6-5-7-9-16)15-10-12-17(13-11-15)19(22)23-20(2,3)4/h5-9,14-15,17H,10-13H2,1-4H3. The molecule has 0 aromatic heterocycles. The second-order valence-corrected chi connectivity index (χ2v) is 7.66. The van der Waals surface area contributed by atoms with E-state index in [9.17, 15) is 9.59 Å². The van der Waals surface area contributed by atoms with Gasteiger partial charge in [0.15, 0.2) is 5.78 Å². The number of benzene rings is 1. The Morgan fingerprint density at radius 2 is 1.61 bits per heavy atom. The summed E-state index contributed by atoms with van der Waals surface area (Å²) in [7, 11) is 0. The molecule has 1 unspecified atom stereocenters. The molecule has 0 bridgehead atoms. The molecule has 3 heteroatoms. The Morgan fingerprint density at radius 3 is 2.13 bits per heavy atom. The molecule has 0 amide bonds. The summed E-state index contributed by atoms with van der Waals surface area (Å²) in [5.41, 5.74) is 0.360. The third-order valence-electron chi connectivity index (χ3n) is 4.69. The van der Waals surface area contributed by atoms with Crippen LogP contribution in [0.2, 0.25) is 0 Å². The van der Waals surface area contributed by atoms with E-state index < -0.39 is 5.60 Å². The quantitative estimate of drug-likeness (QED) is 0.599. The molecule has 1 fully saturated rings. The lowest BCUT2D eigenvalue weighted by Gasteiger charge is -2.32. The van der Waals surface area contributed by atoms with Crippen LogP contribution in [0, 0.1) is 17.8 Å². The highest BCUT2D eigenvalue weighted by Gasteiger charge is 2.33. The number of esters is 1. The molecule has 0 spiro atoms. The summed E-state index contributed by atoms with van der Waals surface area (Å²) >= 11 is 0. The second kappa shape index (κ2) is 7.29. The van der Waals surface area contributed by atoms with Crippen molar-refractivity contribution in [2.45, 2.75) is 59.0 Å². The molecule has 23 heavy (non-hydrogen) atoms. The molecule has 1 aromatic rings. The molecule has 0 heterocycles. The predicted octanol–water partition coefficient (Wildman–Crippen LogP) is 4.65. The molecular formula is C20H28O3. The van der Waals surface area contributed by atoms with Crippen molar-refractivity contribution in [1.82, 2.24) is 0 Å². The maximum absolute atomic E-state index is 12.6. The Hall–Kier alpha value is -1.64. The van der Waals surface area contributed by atoms with E-state index in [1.165, 1.54) is 0 Å². The van der Waals surface area contributed by atoms with E-state index in [4.69, 9.17) is 4.74 Å². The Kier molecular flexibility index (Phi) is 5.61. The minimum atomic E-state index is -0.426. The number of carbonyl (C=O) groups excluding carboxylic acids is 2. The van der Waals surface area contributed by atoms with Crippen molar-refractivity contribution < 1.29 is 14.3 Å². The van der Waals surface area contributed by atoms with E-state index in [-0.39, 0.29) is 23.6 Å². The van der Waals surface area contributed by atoms with Gasteiger partial charge in [0.1, 0.15) is 5.60 Å². The van der Waals surface area contributed by atoms with Crippen molar-refractivity contribution >= 4 is 11.8 Å². The fourth-order valence-corrected chi connectivity index (χ4v) is 3.32. The lowest BCUT2D eigenvalue weighted by Crippen LogP contribution is -2.33. The first-order valence-electron chi connectivity index (χ1n) is 8.60. The van der Waals surface area contributed by atoms with Crippen molar-refractivity contribution in [3.8, 4) is 0 Å². The summed E-state index contributed by atoms with van der Waals surface area (Å²) in [5, 5.41) is 0. The average molecular weight is 316 g/mol. The normalized spacial score (nSPS) is 23.1. The van der Waals surface area contributed by atoms with Gasteiger partial charge in [0.2, 0.25) is 0 Å². The van der Waals surface area contributed by atoms with E-state index in [2.05, 4.69) is 0 Å². The van der Waals surface area contributed by atoms with Crippen molar-refractivity contribution in [1.29, 1.82) is 0 Å². The van der Waals surface area contributed by atoms with Gasteiger partial charge < -0.3 is 4.74 Å². The van der Waals surface area contributed by atoms with Gasteiger partial charge in [0.25, 0.3) is 0 Å². The molecule has 1 saturated carbocycles. The first-order chi connectivity index (χ1) is 10.8. The Balaban J connectivity index is 1.89. The second-order valence-electron chi connectivity index (χ2n) is 7.66. The Labute approximate surface area is 139 Å². The summed E-state index contributed by atoms with van der Waals surface area (Å²) in [4.78, 5) is 24.7. The highest BCUT2D eigenvalue weighted by molar-refractivity contribution is 5.97. The minimum Gasteiger partial charge on any atom is -0.460 e. The van der Waals surface area contributed by atoms with Crippen molar-refractivity contribution in [3.63, 3.8) is 0 Å². The van der Waals surface area contributed by atoms with Gasteiger partial charge in [-0.15, -0.1) is 0 Å². The Morgan fingerprint density at radius 1 is 1.04 bits per heavy atom. The van der Waals surface area contributed by atoms with Crippen LogP contribution in [0.15, 0.2) is 30.3 Å². The largest absolute Gasteiger partial charge is 0.460 e. The monoisotopic (exact) mass is 316 g/mol. The van der Waals surface area contributed by atoms with Gasteiger partial charge in [-0.05, 0) is 52.4 Å². The smallest absolute Gasteiger partial charge is 0.309 e. The molecule has 0 saturated heterocycles. The van der Waals surface area contributed by atoms with E-state index in [1.807, 2.05) is 58.0 Å². The van der Waals surface area contributed by atoms with Gasteiger partial charge in [0.05, 0.1) is 5.92 Å². The van der Waals surface area contributed by atoms with Gasteiger partial charge in [-0.2, -0.15) is 0 Å². The third kappa shape index (κ3) is 4.92. The predicted molar refractivity (Wildman–Crippen MR) is 91.2 cm³/mol. The summed E-state index contributed by atoms with van der Waals surface area (Å²) < 4.78 is 5.48. The highest BCUT2D eigenvalue weighted by Crippen LogP contribution is 2.35. The molecule has 2 rings (SSSR count). The number of rotatable bonds is 4. The van der Waals surface area contributed by atoms with Crippen LogP contribution in [0.3, 0.4) is 0 Å². The molecule has 0 radical (unpaired) electrons. The fourth-order valence-electron chi connectivity index (χ4n) is 3.32. The van der Waals surface area contributed by atoms with E-state index in [0.29, 0.717) is 5.92 Å². The topological polar surface area (TPSA) is 43.4 Å².